The molecule has 90 valence electrons. The Morgan fingerprint density at radius 3 is 2.76 bits per heavy atom. The summed E-state index contributed by atoms with van der Waals surface area (Å²) in [5.74, 6) is 1.43. The fourth-order valence-corrected chi connectivity index (χ4v) is 1.38. The molecule has 0 bridgehead atoms. The van der Waals surface area contributed by atoms with Crippen molar-refractivity contribution < 1.29 is 9.15 Å². The first-order chi connectivity index (χ1) is 8.06. The Kier molecular flexibility index (Phi) is 2.95. The number of aryl methyl sites for hydroxylation is 2. The van der Waals surface area contributed by atoms with Crippen molar-refractivity contribution in [2.24, 2.45) is 0 Å². The van der Waals surface area contributed by atoms with Crippen LogP contribution in [0.2, 0.25) is 0 Å². The number of nitrogens with one attached hydrogen (secondary N) is 1. The summed E-state index contributed by atoms with van der Waals surface area (Å²) in [6, 6.07) is 0. The van der Waals surface area contributed by atoms with E-state index in [1.807, 2.05) is 0 Å². The number of hydrogen-bond acceptors (Lipinski definition) is 5. The lowest BCUT2D eigenvalue weighted by molar-refractivity contribution is 0.285. The normalized spacial score (nSPS) is 10.5. The van der Waals surface area contributed by atoms with E-state index in [1.165, 1.54) is 6.26 Å². The summed E-state index contributed by atoms with van der Waals surface area (Å²) in [5.41, 5.74) is 0.932. The van der Waals surface area contributed by atoms with Crippen molar-refractivity contribution in [3.05, 3.63) is 39.6 Å². The highest BCUT2D eigenvalue weighted by molar-refractivity contribution is 5.22. The lowest BCUT2D eigenvalue weighted by Gasteiger charge is -2.06. The molecule has 0 saturated heterocycles. The van der Waals surface area contributed by atoms with Crippen molar-refractivity contribution in [1.82, 2.24) is 15.0 Å². The molecule has 2 aromatic rings. The van der Waals surface area contributed by atoms with Gasteiger partial charge in [0.2, 0.25) is 5.88 Å². The minimum absolute atomic E-state index is 0.191. The molecular formula is C11H13N3O3. The van der Waals surface area contributed by atoms with Gasteiger partial charge in [-0.15, -0.1) is 0 Å². The molecule has 0 aliphatic carbocycles. The van der Waals surface area contributed by atoms with Crippen LogP contribution in [0.1, 0.15) is 23.0 Å². The van der Waals surface area contributed by atoms with E-state index in [9.17, 15) is 4.79 Å². The van der Waals surface area contributed by atoms with Crippen LogP contribution in [0.4, 0.5) is 0 Å². The monoisotopic (exact) mass is 235 g/mol. The molecule has 0 fully saturated rings. The number of aromatic nitrogens is 3. The molecule has 6 heteroatoms. The maximum atomic E-state index is 11.5. The van der Waals surface area contributed by atoms with Crippen LogP contribution in [-0.2, 0) is 6.61 Å². The van der Waals surface area contributed by atoms with Crippen molar-refractivity contribution in [1.29, 1.82) is 0 Å². The van der Waals surface area contributed by atoms with E-state index in [2.05, 4.69) is 15.0 Å². The van der Waals surface area contributed by atoms with Crippen LogP contribution in [0, 0.1) is 20.8 Å². The van der Waals surface area contributed by atoms with Gasteiger partial charge in [0, 0.05) is 6.92 Å². The minimum atomic E-state index is -0.191. The van der Waals surface area contributed by atoms with E-state index in [0.717, 1.165) is 0 Å². The standard InChI is InChI=1S/C11H13N3O3/c1-6-10(15)12-7(2)13-11(6)17-5-9-4-16-8(3)14-9/h4H,5H2,1-3H3,(H,12,13,15). The Morgan fingerprint density at radius 2 is 2.12 bits per heavy atom. The lowest BCUT2D eigenvalue weighted by Crippen LogP contribution is -2.15. The summed E-state index contributed by atoms with van der Waals surface area (Å²) in [5, 5.41) is 0. The first-order valence-corrected chi connectivity index (χ1v) is 5.17. The number of aromatic amines is 1. The van der Waals surface area contributed by atoms with Gasteiger partial charge in [0.05, 0.1) is 5.56 Å². The average molecular weight is 235 g/mol. The summed E-state index contributed by atoms with van der Waals surface area (Å²) < 4.78 is 10.5. The van der Waals surface area contributed by atoms with Crippen molar-refractivity contribution in [2.75, 3.05) is 0 Å². The second-order valence-electron chi connectivity index (χ2n) is 3.73. The van der Waals surface area contributed by atoms with Gasteiger partial charge in [-0.2, -0.15) is 0 Å². The van der Waals surface area contributed by atoms with E-state index >= 15 is 0 Å². The summed E-state index contributed by atoms with van der Waals surface area (Å²) in [6.45, 7) is 5.35. The number of rotatable bonds is 3. The van der Waals surface area contributed by atoms with E-state index in [-0.39, 0.29) is 12.2 Å². The highest BCUT2D eigenvalue weighted by atomic mass is 16.5. The largest absolute Gasteiger partial charge is 0.471 e. The zero-order valence-electron chi connectivity index (χ0n) is 9.90. The van der Waals surface area contributed by atoms with Gasteiger partial charge in [0.25, 0.3) is 5.56 Å². The molecule has 1 N–H and O–H groups in total. The fraction of sp³-hybridized carbons (Fsp3) is 0.364. The van der Waals surface area contributed by atoms with Gasteiger partial charge in [-0.3, -0.25) is 4.79 Å². The van der Waals surface area contributed by atoms with Gasteiger partial charge in [-0.1, -0.05) is 0 Å². The molecule has 0 atom stereocenters. The average Bonchev–Trinajstić information content (AvgIpc) is 2.67. The highest BCUT2D eigenvalue weighted by Crippen LogP contribution is 2.11. The quantitative estimate of drug-likeness (QED) is 0.866. The van der Waals surface area contributed by atoms with Crippen LogP contribution in [0.3, 0.4) is 0 Å². The molecule has 0 amide bonds. The van der Waals surface area contributed by atoms with Crippen LogP contribution in [-0.4, -0.2) is 15.0 Å². The van der Waals surface area contributed by atoms with Gasteiger partial charge in [0.1, 0.15) is 24.4 Å². The van der Waals surface area contributed by atoms with Crippen LogP contribution in [0.5, 0.6) is 5.88 Å². The van der Waals surface area contributed by atoms with Crippen LogP contribution in [0.25, 0.3) is 0 Å². The second kappa shape index (κ2) is 4.40. The molecule has 0 aromatic carbocycles. The molecule has 0 saturated carbocycles. The molecule has 17 heavy (non-hydrogen) atoms. The molecule has 2 heterocycles. The first kappa shape index (κ1) is 11.4. The van der Waals surface area contributed by atoms with Crippen LogP contribution in [0.15, 0.2) is 15.5 Å². The van der Waals surface area contributed by atoms with Crippen molar-refractivity contribution >= 4 is 0 Å². The molecule has 0 spiro atoms. The van der Waals surface area contributed by atoms with Crippen molar-refractivity contribution in [2.45, 2.75) is 27.4 Å². The molecule has 0 aliphatic rings. The third-order valence-corrected chi connectivity index (χ3v) is 2.25. The summed E-state index contributed by atoms with van der Waals surface area (Å²) in [7, 11) is 0. The first-order valence-electron chi connectivity index (χ1n) is 5.17. The number of oxazole rings is 1. The molecule has 0 aliphatic heterocycles. The van der Waals surface area contributed by atoms with Crippen LogP contribution >= 0.6 is 0 Å². The summed E-state index contributed by atoms with van der Waals surface area (Å²) >= 11 is 0. The lowest BCUT2D eigenvalue weighted by atomic mass is 10.3. The van der Waals surface area contributed by atoms with E-state index < -0.39 is 0 Å². The van der Waals surface area contributed by atoms with Gasteiger partial charge in [-0.25, -0.2) is 9.97 Å². The molecule has 0 radical (unpaired) electrons. The summed E-state index contributed by atoms with van der Waals surface area (Å²) in [6.07, 6.45) is 1.52. The van der Waals surface area contributed by atoms with Crippen LogP contribution < -0.4 is 10.3 Å². The zero-order chi connectivity index (χ0) is 12.4. The second-order valence-corrected chi connectivity index (χ2v) is 3.73. The minimum Gasteiger partial charge on any atom is -0.471 e. The molecule has 6 nitrogen and oxygen atoms in total. The van der Waals surface area contributed by atoms with E-state index in [4.69, 9.17) is 9.15 Å². The van der Waals surface area contributed by atoms with E-state index in [1.54, 1.807) is 20.8 Å². The van der Waals surface area contributed by atoms with Gasteiger partial charge in [-0.05, 0) is 13.8 Å². The Bertz CT molecular complexity index is 586. The van der Waals surface area contributed by atoms with Gasteiger partial charge < -0.3 is 14.1 Å². The number of H-pyrrole nitrogens is 1. The molecule has 0 unspecified atom stereocenters. The fourth-order valence-electron chi connectivity index (χ4n) is 1.38. The zero-order valence-corrected chi connectivity index (χ0v) is 9.90. The SMILES string of the molecule is Cc1nc(OCc2coc(C)n2)c(C)c(=O)[nH]1. The topological polar surface area (TPSA) is 81.0 Å². The molecule has 2 aromatic heterocycles. The number of hydrogen-bond donors (Lipinski definition) is 1. The predicted molar refractivity (Wildman–Crippen MR) is 59.9 cm³/mol. The van der Waals surface area contributed by atoms with Gasteiger partial charge in [0.15, 0.2) is 5.89 Å². The highest BCUT2D eigenvalue weighted by Gasteiger charge is 2.08. The Hall–Kier alpha value is -2.11. The predicted octanol–water partition coefficient (Wildman–Crippen LogP) is 1.26. The molecule has 2 rings (SSSR count). The third-order valence-electron chi connectivity index (χ3n) is 2.25. The maximum Gasteiger partial charge on any atom is 0.257 e. The third kappa shape index (κ3) is 2.52. The Labute approximate surface area is 97.7 Å². The molecular weight excluding hydrogens is 222 g/mol. The Morgan fingerprint density at radius 1 is 1.35 bits per heavy atom. The van der Waals surface area contributed by atoms with Crippen molar-refractivity contribution in [3.8, 4) is 5.88 Å². The smallest absolute Gasteiger partial charge is 0.257 e. The van der Waals surface area contributed by atoms with Crippen molar-refractivity contribution in [3.63, 3.8) is 0 Å². The number of nitrogens with zero attached hydrogens (tertiary/aromatic N) is 2. The maximum absolute atomic E-state index is 11.5. The van der Waals surface area contributed by atoms with Gasteiger partial charge >= 0.3 is 0 Å². The number of ether oxygens (including phenoxy) is 1. The van der Waals surface area contributed by atoms with E-state index in [0.29, 0.717) is 28.9 Å². The summed E-state index contributed by atoms with van der Waals surface area (Å²) in [4.78, 5) is 22.3. The Balaban J connectivity index is 2.16.